The molecule has 5 heteroatoms. The van der Waals surface area contributed by atoms with E-state index < -0.39 is 17.5 Å². The van der Waals surface area contributed by atoms with Crippen LogP contribution in [-0.4, -0.2) is 24.5 Å². The Labute approximate surface area is 99.2 Å². The first-order chi connectivity index (χ1) is 8.04. The normalized spacial score (nSPS) is 13.1. The number of nitrogens with two attached hydrogens (primary N) is 1. The third kappa shape index (κ3) is 2.98. The number of hydrogen-bond donors (Lipinski definition) is 1. The molecule has 0 aliphatic rings. The summed E-state index contributed by atoms with van der Waals surface area (Å²) < 4.78 is 39.1. The van der Waals surface area contributed by atoms with Crippen LogP contribution in [-0.2, 0) is 0 Å². The van der Waals surface area contributed by atoms with E-state index in [2.05, 4.69) is 0 Å². The first-order valence-corrected chi connectivity index (χ1v) is 5.63. The molecule has 0 spiro atoms. The second-order valence-electron chi connectivity index (χ2n) is 3.77. The molecular formula is C12H17F3N2. The lowest BCUT2D eigenvalue weighted by atomic mass is 10.0. The molecule has 0 fully saturated rings. The zero-order valence-corrected chi connectivity index (χ0v) is 10.0. The van der Waals surface area contributed by atoms with Crippen LogP contribution < -0.4 is 5.73 Å². The van der Waals surface area contributed by atoms with Gasteiger partial charge in [-0.05, 0) is 30.8 Å². The molecule has 2 nitrogen and oxygen atoms in total. The fraction of sp³-hybridized carbons (Fsp3) is 0.500. The zero-order valence-electron chi connectivity index (χ0n) is 10.0. The van der Waals surface area contributed by atoms with Gasteiger partial charge in [-0.2, -0.15) is 0 Å². The molecule has 1 aromatic rings. The fourth-order valence-corrected chi connectivity index (χ4v) is 1.93. The minimum absolute atomic E-state index is 0.228. The number of hydrogen-bond acceptors (Lipinski definition) is 2. The zero-order chi connectivity index (χ0) is 13.0. The Morgan fingerprint density at radius 3 is 1.94 bits per heavy atom. The Morgan fingerprint density at radius 2 is 1.59 bits per heavy atom. The average Bonchev–Trinajstić information content (AvgIpc) is 2.32. The lowest BCUT2D eigenvalue weighted by molar-refractivity contribution is 0.222. The molecule has 96 valence electrons. The van der Waals surface area contributed by atoms with Crippen LogP contribution in [0.5, 0.6) is 0 Å². The molecule has 1 aromatic carbocycles. The molecule has 0 aliphatic heterocycles. The molecule has 0 saturated carbocycles. The van der Waals surface area contributed by atoms with E-state index in [0.29, 0.717) is 18.7 Å². The summed E-state index contributed by atoms with van der Waals surface area (Å²) in [4.78, 5) is 1.96. The van der Waals surface area contributed by atoms with Crippen LogP contribution in [0.15, 0.2) is 12.1 Å². The van der Waals surface area contributed by atoms with Crippen LogP contribution in [0, 0.1) is 17.5 Å². The van der Waals surface area contributed by atoms with Crippen LogP contribution in [0.3, 0.4) is 0 Å². The van der Waals surface area contributed by atoms with Gasteiger partial charge in [-0.15, -0.1) is 0 Å². The Kier molecular flexibility index (Phi) is 4.96. The van der Waals surface area contributed by atoms with E-state index in [1.165, 1.54) is 0 Å². The van der Waals surface area contributed by atoms with Crippen molar-refractivity contribution in [2.75, 3.05) is 19.6 Å². The van der Waals surface area contributed by atoms with Gasteiger partial charge in [0.05, 0.1) is 0 Å². The second kappa shape index (κ2) is 6.02. The van der Waals surface area contributed by atoms with Gasteiger partial charge in [-0.25, -0.2) is 13.2 Å². The van der Waals surface area contributed by atoms with E-state index >= 15 is 0 Å². The summed E-state index contributed by atoms with van der Waals surface area (Å²) in [6.07, 6.45) is 0. The van der Waals surface area contributed by atoms with Crippen LogP contribution in [0.25, 0.3) is 0 Å². The van der Waals surface area contributed by atoms with Crippen LogP contribution >= 0.6 is 0 Å². The fourth-order valence-electron chi connectivity index (χ4n) is 1.93. The molecular weight excluding hydrogens is 229 g/mol. The van der Waals surface area contributed by atoms with Gasteiger partial charge in [0.1, 0.15) is 0 Å². The predicted molar refractivity (Wildman–Crippen MR) is 61.0 cm³/mol. The van der Waals surface area contributed by atoms with E-state index in [0.717, 1.165) is 12.1 Å². The van der Waals surface area contributed by atoms with Crippen molar-refractivity contribution in [3.8, 4) is 0 Å². The highest BCUT2D eigenvalue weighted by molar-refractivity contribution is 5.23. The number of rotatable bonds is 5. The molecule has 0 aliphatic carbocycles. The van der Waals surface area contributed by atoms with Gasteiger partial charge in [0.15, 0.2) is 17.5 Å². The van der Waals surface area contributed by atoms with Crippen LogP contribution in [0.2, 0.25) is 0 Å². The molecule has 0 bridgehead atoms. The molecule has 1 atom stereocenters. The second-order valence-corrected chi connectivity index (χ2v) is 3.77. The Hall–Kier alpha value is -1.07. The van der Waals surface area contributed by atoms with E-state index in [4.69, 9.17) is 5.73 Å². The van der Waals surface area contributed by atoms with Crippen molar-refractivity contribution in [2.45, 2.75) is 19.9 Å². The molecule has 0 saturated heterocycles. The minimum atomic E-state index is -1.44. The summed E-state index contributed by atoms with van der Waals surface area (Å²) in [5, 5.41) is 0. The van der Waals surface area contributed by atoms with Gasteiger partial charge in [0, 0.05) is 12.6 Å². The third-order valence-electron chi connectivity index (χ3n) is 2.87. The molecule has 0 heterocycles. The van der Waals surface area contributed by atoms with Crippen molar-refractivity contribution < 1.29 is 13.2 Å². The van der Waals surface area contributed by atoms with Gasteiger partial charge < -0.3 is 5.73 Å². The van der Waals surface area contributed by atoms with Gasteiger partial charge in [0.25, 0.3) is 0 Å². The van der Waals surface area contributed by atoms with Crippen molar-refractivity contribution >= 4 is 0 Å². The summed E-state index contributed by atoms with van der Waals surface area (Å²) in [6, 6.07) is 1.72. The lowest BCUT2D eigenvalue weighted by Crippen LogP contribution is -2.33. The highest BCUT2D eigenvalue weighted by Gasteiger charge is 2.20. The molecule has 1 rings (SSSR count). The molecule has 2 N–H and O–H groups in total. The van der Waals surface area contributed by atoms with Crippen LogP contribution in [0.4, 0.5) is 13.2 Å². The molecule has 0 amide bonds. The standard InChI is InChI=1S/C12H17F3N2/c1-3-17(4-2)11(7-16)8-5-9(13)12(15)10(14)6-8/h5-6,11H,3-4,7,16H2,1-2H3. The highest BCUT2D eigenvalue weighted by Crippen LogP contribution is 2.23. The van der Waals surface area contributed by atoms with Crippen molar-refractivity contribution in [3.05, 3.63) is 35.1 Å². The maximum Gasteiger partial charge on any atom is 0.194 e. The first kappa shape index (κ1) is 14.0. The molecule has 0 radical (unpaired) electrons. The third-order valence-corrected chi connectivity index (χ3v) is 2.87. The van der Waals surface area contributed by atoms with Gasteiger partial charge in [-0.1, -0.05) is 13.8 Å². The molecule has 1 unspecified atom stereocenters. The summed E-state index contributed by atoms with van der Waals surface area (Å²) in [5.74, 6) is -3.79. The van der Waals surface area contributed by atoms with Gasteiger partial charge >= 0.3 is 0 Å². The average molecular weight is 246 g/mol. The van der Waals surface area contributed by atoms with Gasteiger partial charge in [0.2, 0.25) is 0 Å². The number of halogens is 3. The minimum Gasteiger partial charge on any atom is -0.329 e. The largest absolute Gasteiger partial charge is 0.329 e. The van der Waals surface area contributed by atoms with E-state index in [-0.39, 0.29) is 12.6 Å². The smallest absolute Gasteiger partial charge is 0.194 e. The summed E-state index contributed by atoms with van der Waals surface area (Å²) in [5.41, 5.74) is 5.98. The quantitative estimate of drug-likeness (QED) is 0.809. The summed E-state index contributed by atoms with van der Waals surface area (Å²) >= 11 is 0. The summed E-state index contributed by atoms with van der Waals surface area (Å²) in [7, 11) is 0. The maximum absolute atomic E-state index is 13.1. The van der Waals surface area contributed by atoms with Crippen molar-refractivity contribution in [3.63, 3.8) is 0 Å². The molecule has 0 aromatic heterocycles. The van der Waals surface area contributed by atoms with Crippen molar-refractivity contribution in [1.82, 2.24) is 4.90 Å². The topological polar surface area (TPSA) is 29.3 Å². The maximum atomic E-state index is 13.1. The summed E-state index contributed by atoms with van der Waals surface area (Å²) in [6.45, 7) is 5.51. The van der Waals surface area contributed by atoms with Crippen molar-refractivity contribution in [2.24, 2.45) is 5.73 Å². The van der Waals surface area contributed by atoms with Crippen LogP contribution in [0.1, 0.15) is 25.5 Å². The molecule has 17 heavy (non-hydrogen) atoms. The van der Waals surface area contributed by atoms with E-state index in [1.54, 1.807) is 0 Å². The highest BCUT2D eigenvalue weighted by atomic mass is 19.2. The number of likely N-dealkylation sites (N-methyl/N-ethyl adjacent to an activating group) is 1. The SMILES string of the molecule is CCN(CC)C(CN)c1cc(F)c(F)c(F)c1. The van der Waals surface area contributed by atoms with E-state index in [9.17, 15) is 13.2 Å². The van der Waals surface area contributed by atoms with Gasteiger partial charge in [-0.3, -0.25) is 4.90 Å². The Bertz CT molecular complexity index is 355. The number of benzene rings is 1. The number of nitrogens with zero attached hydrogens (tertiary/aromatic N) is 1. The lowest BCUT2D eigenvalue weighted by Gasteiger charge is -2.29. The first-order valence-electron chi connectivity index (χ1n) is 5.63. The van der Waals surface area contributed by atoms with Crippen molar-refractivity contribution in [1.29, 1.82) is 0 Å². The van der Waals surface area contributed by atoms with E-state index in [1.807, 2.05) is 18.7 Å². The monoisotopic (exact) mass is 246 g/mol. The predicted octanol–water partition coefficient (Wildman–Crippen LogP) is 2.45. The Morgan fingerprint density at radius 1 is 1.12 bits per heavy atom. The Balaban J connectivity index is 3.12.